The summed E-state index contributed by atoms with van der Waals surface area (Å²) >= 11 is 0. The van der Waals surface area contributed by atoms with Gasteiger partial charge in [-0.05, 0) is 44.6 Å². The van der Waals surface area contributed by atoms with Crippen LogP contribution in [0, 0.1) is 5.92 Å². The van der Waals surface area contributed by atoms with Crippen LogP contribution in [0.5, 0.6) is 0 Å². The minimum atomic E-state index is 0.523. The zero-order valence-corrected chi connectivity index (χ0v) is 11.9. The van der Waals surface area contributed by atoms with Crippen LogP contribution in [0.25, 0.3) is 0 Å². The van der Waals surface area contributed by atoms with Crippen molar-refractivity contribution in [3.63, 3.8) is 0 Å². The summed E-state index contributed by atoms with van der Waals surface area (Å²) in [5.41, 5.74) is 0. The van der Waals surface area contributed by atoms with Crippen molar-refractivity contribution in [1.29, 1.82) is 0 Å². The van der Waals surface area contributed by atoms with Gasteiger partial charge in [-0.25, -0.2) is 0 Å². The Balaban J connectivity index is 1.60. The second-order valence-electron chi connectivity index (χ2n) is 6.13. The summed E-state index contributed by atoms with van der Waals surface area (Å²) in [5, 5.41) is 7.81. The molecule has 2 saturated carbocycles. The summed E-state index contributed by atoms with van der Waals surface area (Å²) in [4.78, 5) is 4.57. The molecule has 1 unspecified atom stereocenters. The van der Waals surface area contributed by atoms with Gasteiger partial charge >= 0.3 is 0 Å². The maximum Gasteiger partial charge on any atom is 0.228 e. The number of aromatic nitrogens is 2. The Bertz CT molecular complexity index is 394. The number of nitrogens with zero attached hydrogens (tertiary/aromatic N) is 2. The van der Waals surface area contributed by atoms with E-state index in [9.17, 15) is 0 Å². The van der Waals surface area contributed by atoms with Crippen LogP contribution in [0.1, 0.15) is 69.5 Å². The van der Waals surface area contributed by atoms with E-state index in [1.165, 1.54) is 44.9 Å². The Labute approximate surface area is 115 Å². The van der Waals surface area contributed by atoms with Gasteiger partial charge in [0.2, 0.25) is 5.89 Å². The number of hydrogen-bond acceptors (Lipinski definition) is 4. The molecular formula is C15H25N3O. The highest BCUT2D eigenvalue weighted by Gasteiger charge is 2.30. The number of hydrogen-bond donors (Lipinski definition) is 1. The van der Waals surface area contributed by atoms with Gasteiger partial charge in [-0.1, -0.05) is 24.9 Å². The van der Waals surface area contributed by atoms with Crippen LogP contribution in [-0.2, 0) is 6.42 Å². The molecule has 0 bridgehead atoms. The molecule has 0 aromatic carbocycles. The van der Waals surface area contributed by atoms with Crippen molar-refractivity contribution in [2.45, 2.75) is 70.3 Å². The highest BCUT2D eigenvalue weighted by atomic mass is 16.5. The molecule has 1 aromatic rings. The van der Waals surface area contributed by atoms with Gasteiger partial charge in [-0.15, -0.1) is 0 Å². The fourth-order valence-electron chi connectivity index (χ4n) is 3.14. The summed E-state index contributed by atoms with van der Waals surface area (Å²) in [6.45, 7) is 3.31. The molecular weight excluding hydrogens is 238 g/mol. The molecule has 0 saturated heterocycles. The van der Waals surface area contributed by atoms with E-state index in [0.29, 0.717) is 12.0 Å². The molecule has 0 aliphatic heterocycles. The van der Waals surface area contributed by atoms with E-state index in [1.54, 1.807) is 0 Å². The molecule has 1 atom stereocenters. The van der Waals surface area contributed by atoms with Crippen molar-refractivity contribution in [2.75, 3.05) is 6.54 Å². The van der Waals surface area contributed by atoms with Gasteiger partial charge in [-0.2, -0.15) is 4.98 Å². The standard InChI is InChI=1S/C15H25N3O/c1-2-9-16-13(11-5-3-4-6-11)10-14-17-15(18-19-14)12-7-8-12/h11-13,16H,2-10H2,1H3. The van der Waals surface area contributed by atoms with E-state index < -0.39 is 0 Å². The highest BCUT2D eigenvalue weighted by molar-refractivity contribution is 5.04. The molecule has 3 rings (SSSR count). The van der Waals surface area contributed by atoms with Gasteiger partial charge in [0.05, 0.1) is 0 Å². The topological polar surface area (TPSA) is 51.0 Å². The van der Waals surface area contributed by atoms with E-state index in [-0.39, 0.29) is 0 Å². The Morgan fingerprint density at radius 1 is 1.26 bits per heavy atom. The molecule has 0 spiro atoms. The molecule has 0 amide bonds. The minimum Gasteiger partial charge on any atom is -0.339 e. The van der Waals surface area contributed by atoms with E-state index in [0.717, 1.165) is 30.6 Å². The molecule has 2 aliphatic rings. The summed E-state index contributed by atoms with van der Waals surface area (Å²) in [7, 11) is 0. The van der Waals surface area contributed by atoms with Gasteiger partial charge in [0.15, 0.2) is 5.82 Å². The summed E-state index contributed by atoms with van der Waals surface area (Å²) in [6, 6.07) is 0.523. The Morgan fingerprint density at radius 3 is 2.74 bits per heavy atom. The third kappa shape index (κ3) is 3.35. The average molecular weight is 263 g/mol. The highest BCUT2D eigenvalue weighted by Crippen LogP contribution is 2.38. The van der Waals surface area contributed by atoms with Crippen LogP contribution >= 0.6 is 0 Å². The van der Waals surface area contributed by atoms with Crippen LogP contribution in [0.4, 0.5) is 0 Å². The summed E-state index contributed by atoms with van der Waals surface area (Å²) in [6.07, 6.45) is 10.0. The number of nitrogens with one attached hydrogen (secondary N) is 1. The zero-order valence-electron chi connectivity index (χ0n) is 11.9. The van der Waals surface area contributed by atoms with Crippen molar-refractivity contribution < 1.29 is 4.52 Å². The maximum atomic E-state index is 5.43. The van der Waals surface area contributed by atoms with Crippen molar-refractivity contribution in [1.82, 2.24) is 15.5 Å². The maximum absolute atomic E-state index is 5.43. The third-order valence-electron chi connectivity index (χ3n) is 4.45. The SMILES string of the molecule is CCCNC(Cc1nc(C2CC2)no1)C1CCCC1. The molecule has 4 nitrogen and oxygen atoms in total. The molecule has 1 N–H and O–H groups in total. The fourth-order valence-corrected chi connectivity index (χ4v) is 3.14. The molecule has 106 valence electrons. The van der Waals surface area contributed by atoms with Crippen LogP contribution in [0.3, 0.4) is 0 Å². The van der Waals surface area contributed by atoms with Gasteiger partial charge < -0.3 is 9.84 Å². The Kier molecular flexibility index (Phi) is 4.16. The largest absolute Gasteiger partial charge is 0.339 e. The van der Waals surface area contributed by atoms with Gasteiger partial charge in [0.1, 0.15) is 0 Å². The third-order valence-corrected chi connectivity index (χ3v) is 4.45. The quantitative estimate of drug-likeness (QED) is 0.821. The first-order valence-electron chi connectivity index (χ1n) is 7.92. The summed E-state index contributed by atoms with van der Waals surface area (Å²) < 4.78 is 5.43. The van der Waals surface area contributed by atoms with Crippen molar-refractivity contribution >= 4 is 0 Å². The first kappa shape index (κ1) is 13.1. The monoisotopic (exact) mass is 263 g/mol. The van der Waals surface area contributed by atoms with E-state index in [2.05, 4.69) is 22.4 Å². The lowest BCUT2D eigenvalue weighted by atomic mass is 9.95. The van der Waals surface area contributed by atoms with Crippen LogP contribution < -0.4 is 5.32 Å². The predicted molar refractivity (Wildman–Crippen MR) is 74.0 cm³/mol. The van der Waals surface area contributed by atoms with E-state index >= 15 is 0 Å². The van der Waals surface area contributed by atoms with Crippen LogP contribution in [-0.4, -0.2) is 22.7 Å². The Hall–Kier alpha value is -0.900. The first-order valence-corrected chi connectivity index (χ1v) is 7.92. The van der Waals surface area contributed by atoms with Crippen molar-refractivity contribution in [2.24, 2.45) is 5.92 Å². The second kappa shape index (κ2) is 6.04. The summed E-state index contributed by atoms with van der Waals surface area (Å²) in [5.74, 6) is 3.16. The normalized spacial score (nSPS) is 21.9. The first-order chi connectivity index (χ1) is 9.36. The average Bonchev–Trinajstić information content (AvgIpc) is 2.94. The predicted octanol–water partition coefficient (Wildman–Crippen LogP) is 3.05. The van der Waals surface area contributed by atoms with E-state index in [4.69, 9.17) is 4.52 Å². The lowest BCUT2D eigenvalue weighted by Crippen LogP contribution is -2.37. The molecule has 1 heterocycles. The van der Waals surface area contributed by atoms with Gasteiger partial charge in [0, 0.05) is 18.4 Å². The van der Waals surface area contributed by atoms with Crippen molar-refractivity contribution in [3.8, 4) is 0 Å². The smallest absolute Gasteiger partial charge is 0.228 e. The second-order valence-corrected chi connectivity index (χ2v) is 6.13. The Morgan fingerprint density at radius 2 is 2.05 bits per heavy atom. The fraction of sp³-hybridized carbons (Fsp3) is 0.867. The van der Waals surface area contributed by atoms with Crippen LogP contribution in [0.2, 0.25) is 0 Å². The number of rotatable bonds is 7. The molecule has 19 heavy (non-hydrogen) atoms. The van der Waals surface area contributed by atoms with Gasteiger partial charge in [-0.3, -0.25) is 0 Å². The van der Waals surface area contributed by atoms with Crippen LogP contribution in [0.15, 0.2) is 4.52 Å². The molecule has 2 fully saturated rings. The molecule has 4 heteroatoms. The zero-order chi connectivity index (χ0) is 13.1. The molecule has 0 radical (unpaired) electrons. The lowest BCUT2D eigenvalue weighted by molar-refractivity contribution is 0.307. The van der Waals surface area contributed by atoms with Crippen molar-refractivity contribution in [3.05, 3.63) is 11.7 Å². The van der Waals surface area contributed by atoms with Gasteiger partial charge in [0.25, 0.3) is 0 Å². The minimum absolute atomic E-state index is 0.523. The lowest BCUT2D eigenvalue weighted by Gasteiger charge is -2.23. The van der Waals surface area contributed by atoms with E-state index in [1.807, 2.05) is 0 Å². The molecule has 2 aliphatic carbocycles. The molecule has 1 aromatic heterocycles.